The van der Waals surface area contributed by atoms with Gasteiger partial charge in [0, 0.05) is 5.56 Å². The third kappa shape index (κ3) is 4.18. The largest absolute Gasteiger partial charge is 0.505 e. The Balaban J connectivity index is 1.62. The van der Waals surface area contributed by atoms with Crippen molar-refractivity contribution >= 4 is 17.3 Å². The van der Waals surface area contributed by atoms with Crippen molar-refractivity contribution in [2.75, 3.05) is 10.9 Å². The SMILES string of the molecule is Cc1ccc(-n2[nH]c(C)c(NNc3cccc(-c4cccc(C(=O)O)c4)c3O)c2=O)cc1C. The third-order valence-electron chi connectivity index (χ3n) is 5.60. The van der Waals surface area contributed by atoms with Crippen LogP contribution in [0.3, 0.4) is 0 Å². The van der Waals surface area contributed by atoms with Gasteiger partial charge in [0.1, 0.15) is 11.4 Å². The van der Waals surface area contributed by atoms with Crippen molar-refractivity contribution in [3.05, 3.63) is 93.4 Å². The van der Waals surface area contributed by atoms with Gasteiger partial charge in [-0.15, -0.1) is 0 Å². The van der Waals surface area contributed by atoms with Gasteiger partial charge in [0.2, 0.25) is 0 Å². The summed E-state index contributed by atoms with van der Waals surface area (Å²) >= 11 is 0. The summed E-state index contributed by atoms with van der Waals surface area (Å²) in [5.41, 5.74) is 10.9. The van der Waals surface area contributed by atoms with Crippen molar-refractivity contribution in [2.45, 2.75) is 20.8 Å². The topological polar surface area (TPSA) is 119 Å². The number of carboxylic acid groups (broad SMARTS) is 1. The van der Waals surface area contributed by atoms with Crippen molar-refractivity contribution < 1.29 is 15.0 Å². The summed E-state index contributed by atoms with van der Waals surface area (Å²) in [5, 5.41) is 23.1. The summed E-state index contributed by atoms with van der Waals surface area (Å²) in [5.74, 6) is -1.12. The Morgan fingerprint density at radius 3 is 2.42 bits per heavy atom. The number of phenolic OH excluding ortho intramolecular Hbond substituents is 1. The van der Waals surface area contributed by atoms with Gasteiger partial charge in [0.05, 0.1) is 22.6 Å². The molecule has 8 heteroatoms. The van der Waals surface area contributed by atoms with Gasteiger partial charge in [-0.1, -0.05) is 30.3 Å². The number of benzene rings is 3. The Morgan fingerprint density at radius 1 is 0.939 bits per heavy atom. The third-order valence-corrected chi connectivity index (χ3v) is 5.60. The number of H-pyrrole nitrogens is 1. The van der Waals surface area contributed by atoms with Gasteiger partial charge in [-0.25, -0.2) is 9.48 Å². The van der Waals surface area contributed by atoms with Gasteiger partial charge < -0.3 is 10.2 Å². The van der Waals surface area contributed by atoms with Crippen LogP contribution in [0.4, 0.5) is 11.4 Å². The molecule has 5 N–H and O–H groups in total. The molecule has 0 spiro atoms. The lowest BCUT2D eigenvalue weighted by Gasteiger charge is -2.13. The van der Waals surface area contributed by atoms with Gasteiger partial charge in [-0.2, -0.15) is 0 Å². The Morgan fingerprint density at radius 2 is 1.70 bits per heavy atom. The second-order valence-electron chi connectivity index (χ2n) is 7.86. The van der Waals surface area contributed by atoms with E-state index < -0.39 is 5.97 Å². The molecular weight excluding hydrogens is 420 g/mol. The number of phenols is 1. The molecule has 1 heterocycles. The molecule has 8 nitrogen and oxygen atoms in total. The Hall–Kier alpha value is -4.46. The Labute approximate surface area is 190 Å². The highest BCUT2D eigenvalue weighted by Crippen LogP contribution is 2.35. The zero-order valence-corrected chi connectivity index (χ0v) is 18.4. The molecule has 0 saturated heterocycles. The summed E-state index contributed by atoms with van der Waals surface area (Å²) in [4.78, 5) is 24.3. The second-order valence-corrected chi connectivity index (χ2v) is 7.86. The fourth-order valence-corrected chi connectivity index (χ4v) is 3.57. The first-order valence-corrected chi connectivity index (χ1v) is 10.3. The summed E-state index contributed by atoms with van der Waals surface area (Å²) in [7, 11) is 0. The van der Waals surface area contributed by atoms with Gasteiger partial charge >= 0.3 is 5.97 Å². The molecule has 0 unspecified atom stereocenters. The lowest BCUT2D eigenvalue weighted by atomic mass is 10.0. The highest BCUT2D eigenvalue weighted by molar-refractivity contribution is 5.90. The second kappa shape index (κ2) is 8.58. The number of hydrazine groups is 1. The van der Waals surface area contributed by atoms with E-state index in [0.717, 1.165) is 16.8 Å². The van der Waals surface area contributed by atoms with Crippen molar-refractivity contribution in [1.29, 1.82) is 0 Å². The van der Waals surface area contributed by atoms with E-state index in [0.29, 0.717) is 28.2 Å². The molecule has 1 aromatic heterocycles. The number of para-hydroxylation sites is 1. The van der Waals surface area contributed by atoms with Gasteiger partial charge in [0.15, 0.2) is 0 Å². The first-order chi connectivity index (χ1) is 15.8. The number of anilines is 2. The van der Waals surface area contributed by atoms with E-state index >= 15 is 0 Å². The van der Waals surface area contributed by atoms with E-state index in [-0.39, 0.29) is 16.9 Å². The van der Waals surface area contributed by atoms with Crippen molar-refractivity contribution in [1.82, 2.24) is 9.78 Å². The zero-order valence-electron chi connectivity index (χ0n) is 18.4. The van der Waals surface area contributed by atoms with Crippen LogP contribution >= 0.6 is 0 Å². The number of hydrogen-bond acceptors (Lipinski definition) is 5. The average molecular weight is 444 g/mol. The molecule has 0 fully saturated rings. The smallest absolute Gasteiger partial charge is 0.335 e. The van der Waals surface area contributed by atoms with Crippen LogP contribution in [0, 0.1) is 20.8 Å². The van der Waals surface area contributed by atoms with Crippen molar-refractivity contribution in [3.63, 3.8) is 0 Å². The number of nitrogens with zero attached hydrogens (tertiary/aromatic N) is 1. The predicted molar refractivity (Wildman–Crippen MR) is 128 cm³/mol. The molecule has 0 aliphatic carbocycles. The van der Waals surface area contributed by atoms with E-state index in [4.69, 9.17) is 0 Å². The lowest BCUT2D eigenvalue weighted by Crippen LogP contribution is -2.20. The molecule has 0 aliphatic heterocycles. The van der Waals surface area contributed by atoms with Crippen LogP contribution in [0.15, 0.2) is 65.5 Å². The van der Waals surface area contributed by atoms with Gasteiger partial charge in [-0.3, -0.25) is 20.7 Å². The minimum atomic E-state index is -1.05. The number of carboxylic acids is 1. The van der Waals surface area contributed by atoms with Crippen LogP contribution in [-0.2, 0) is 0 Å². The number of aromatic nitrogens is 2. The van der Waals surface area contributed by atoms with E-state index in [1.165, 1.54) is 16.8 Å². The van der Waals surface area contributed by atoms with E-state index in [2.05, 4.69) is 16.0 Å². The van der Waals surface area contributed by atoms with Crippen LogP contribution in [0.5, 0.6) is 5.75 Å². The van der Waals surface area contributed by atoms with Crippen LogP contribution in [0.25, 0.3) is 16.8 Å². The number of aromatic carboxylic acids is 1. The summed E-state index contributed by atoms with van der Waals surface area (Å²) in [6.07, 6.45) is 0. The Kier molecular flexibility index (Phi) is 5.66. The molecule has 4 aromatic rings. The van der Waals surface area contributed by atoms with Crippen molar-refractivity contribution in [2.24, 2.45) is 0 Å². The zero-order chi connectivity index (χ0) is 23.7. The van der Waals surface area contributed by atoms with Gasteiger partial charge in [0.25, 0.3) is 5.56 Å². The number of rotatable bonds is 6. The molecule has 4 rings (SSSR count). The molecule has 0 bridgehead atoms. The first kappa shape index (κ1) is 21.8. The maximum atomic E-state index is 13.0. The molecule has 0 aliphatic rings. The first-order valence-electron chi connectivity index (χ1n) is 10.3. The number of hydrogen-bond donors (Lipinski definition) is 5. The van der Waals surface area contributed by atoms with Crippen LogP contribution in [0.2, 0.25) is 0 Å². The normalized spacial score (nSPS) is 10.8. The van der Waals surface area contributed by atoms with E-state index in [1.807, 2.05) is 32.0 Å². The summed E-state index contributed by atoms with van der Waals surface area (Å²) < 4.78 is 1.46. The molecule has 33 heavy (non-hydrogen) atoms. The van der Waals surface area contributed by atoms with Crippen LogP contribution in [0.1, 0.15) is 27.2 Å². The maximum absolute atomic E-state index is 13.0. The minimum absolute atomic E-state index is 0.0739. The molecule has 0 atom stereocenters. The number of nitrogens with one attached hydrogen (secondary N) is 3. The Bertz CT molecular complexity index is 1420. The molecule has 0 amide bonds. The summed E-state index contributed by atoms with van der Waals surface area (Å²) in [6.45, 7) is 5.77. The minimum Gasteiger partial charge on any atom is -0.505 e. The lowest BCUT2D eigenvalue weighted by molar-refractivity contribution is 0.0697. The van der Waals surface area contributed by atoms with E-state index in [9.17, 15) is 19.8 Å². The molecule has 0 saturated carbocycles. The predicted octanol–water partition coefficient (Wildman–Crippen LogP) is 4.60. The fraction of sp³-hybridized carbons (Fsp3) is 0.120. The highest BCUT2D eigenvalue weighted by Gasteiger charge is 2.15. The van der Waals surface area contributed by atoms with E-state index in [1.54, 1.807) is 37.3 Å². The fourth-order valence-electron chi connectivity index (χ4n) is 3.57. The highest BCUT2D eigenvalue weighted by atomic mass is 16.4. The summed E-state index contributed by atoms with van der Waals surface area (Å²) in [6, 6.07) is 17.2. The van der Waals surface area contributed by atoms with Crippen molar-refractivity contribution in [3.8, 4) is 22.6 Å². The molecule has 168 valence electrons. The van der Waals surface area contributed by atoms with Crippen LogP contribution < -0.4 is 16.4 Å². The van der Waals surface area contributed by atoms with Crippen LogP contribution in [-0.4, -0.2) is 26.0 Å². The average Bonchev–Trinajstić information content (AvgIpc) is 3.08. The molecule has 0 radical (unpaired) electrons. The standard InChI is InChI=1S/C25H24N4O4/c1-14-10-11-19(12-15(14)2)29-24(31)22(16(3)28-29)27-26-21-9-5-8-20(23(21)30)17-6-4-7-18(13-17)25(32)33/h4-13,26-28,30H,1-3H3,(H,32,33). The number of carbonyl (C=O) groups is 1. The number of aryl methyl sites for hydroxylation is 3. The van der Waals surface area contributed by atoms with Gasteiger partial charge in [-0.05, 0) is 67.8 Å². The quantitative estimate of drug-likeness (QED) is 0.219. The molecular formula is C25H24N4O4. The maximum Gasteiger partial charge on any atom is 0.335 e. The number of aromatic amines is 1. The monoisotopic (exact) mass is 444 g/mol. The molecule has 3 aromatic carbocycles. The number of aromatic hydroxyl groups is 1.